The topological polar surface area (TPSA) is 154 Å². The van der Waals surface area contributed by atoms with Gasteiger partial charge in [-0.25, -0.2) is 9.78 Å². The molecule has 0 unspecified atom stereocenters. The minimum atomic E-state index is -2.01. The number of carbonyl (C=O) groups is 3. The van der Waals surface area contributed by atoms with Gasteiger partial charge >= 0.3 is 5.69 Å². The van der Waals surface area contributed by atoms with Crippen molar-refractivity contribution < 1.29 is 38.1 Å². The van der Waals surface area contributed by atoms with Gasteiger partial charge < -0.3 is 23.7 Å². The second-order valence-electron chi connectivity index (χ2n) is 11.3. The molecule has 14 heteroatoms. The van der Waals surface area contributed by atoms with Crippen molar-refractivity contribution in [2.45, 2.75) is 25.5 Å². The molecule has 236 valence electrons. The number of aryl methyl sites for hydroxylation is 1. The number of rotatable bonds is 5. The third kappa shape index (κ3) is 4.00. The summed E-state index contributed by atoms with van der Waals surface area (Å²) >= 11 is 6.52. The van der Waals surface area contributed by atoms with E-state index in [1.54, 1.807) is 13.0 Å². The van der Waals surface area contributed by atoms with Gasteiger partial charge in [0.05, 0.1) is 31.8 Å². The Morgan fingerprint density at radius 3 is 2.46 bits per heavy atom. The number of pyridine rings is 1. The Morgan fingerprint density at radius 1 is 1.02 bits per heavy atom. The van der Waals surface area contributed by atoms with E-state index in [4.69, 9.17) is 35.3 Å². The lowest BCUT2D eigenvalue weighted by atomic mass is 9.71. The number of hydrogen-bond acceptors (Lipinski definition) is 11. The highest BCUT2D eigenvalue weighted by Crippen LogP contribution is 2.53. The zero-order valence-electron chi connectivity index (χ0n) is 25.1. The van der Waals surface area contributed by atoms with Crippen molar-refractivity contribution in [1.29, 1.82) is 0 Å². The standard InChI is InChI=1S/C32H26ClN3O10/c1-14-9-18-16(27(38)32(14)28(39)24-22(42-3)12-23(43-4)25(33)26(24)46-32)11-17-29(34-18)35(2)31(41)36(30(17)40)13-19(37)15-5-6-20-21(10-15)45-8-7-44-20/h5-6,10-12,14H,7-9,13H2,1-4H3/t14-,32+/m1/s1. The van der Waals surface area contributed by atoms with Gasteiger partial charge in [0.25, 0.3) is 5.56 Å². The lowest BCUT2D eigenvalue weighted by Gasteiger charge is -2.36. The van der Waals surface area contributed by atoms with E-state index in [1.165, 1.54) is 45.5 Å². The molecule has 13 nitrogen and oxygen atoms in total. The summed E-state index contributed by atoms with van der Waals surface area (Å²) in [5.41, 5.74) is -3.07. The highest BCUT2D eigenvalue weighted by molar-refractivity contribution is 6.36. The van der Waals surface area contributed by atoms with E-state index in [9.17, 15) is 24.0 Å². The highest BCUT2D eigenvalue weighted by atomic mass is 35.5. The molecule has 2 aromatic carbocycles. The molecule has 2 aromatic heterocycles. The Bertz CT molecular complexity index is 2170. The van der Waals surface area contributed by atoms with Gasteiger partial charge in [-0.1, -0.05) is 18.5 Å². The Labute approximate surface area is 265 Å². The van der Waals surface area contributed by atoms with E-state index in [0.29, 0.717) is 24.7 Å². The van der Waals surface area contributed by atoms with Crippen LogP contribution in [0.25, 0.3) is 11.0 Å². The molecular formula is C32H26ClN3O10. The Hall–Kier alpha value is -5.17. The van der Waals surface area contributed by atoms with E-state index in [0.717, 1.165) is 9.13 Å². The molecule has 2 aliphatic heterocycles. The highest BCUT2D eigenvalue weighted by Gasteiger charge is 2.62. The van der Waals surface area contributed by atoms with Gasteiger partial charge in [0.1, 0.15) is 40.9 Å². The number of carbonyl (C=O) groups excluding carboxylic acids is 3. The lowest BCUT2D eigenvalue weighted by Crippen LogP contribution is -2.57. The summed E-state index contributed by atoms with van der Waals surface area (Å²) in [5.74, 6) is -1.45. The summed E-state index contributed by atoms with van der Waals surface area (Å²) in [5, 5.41) is -0.0827. The Kier molecular flexibility index (Phi) is 6.71. The minimum absolute atomic E-state index is 0.00604. The Morgan fingerprint density at radius 2 is 1.74 bits per heavy atom. The number of aromatic nitrogens is 3. The number of Topliss-reactive ketones (excluding diaryl/α,β-unsaturated/α-hetero) is 3. The molecule has 3 aliphatic rings. The van der Waals surface area contributed by atoms with Crippen molar-refractivity contribution in [3.05, 3.63) is 78.6 Å². The van der Waals surface area contributed by atoms with Crippen LogP contribution >= 0.6 is 11.6 Å². The number of benzene rings is 2. The van der Waals surface area contributed by atoms with E-state index in [2.05, 4.69) is 4.98 Å². The summed E-state index contributed by atoms with van der Waals surface area (Å²) in [6, 6.07) is 7.36. The van der Waals surface area contributed by atoms with Crippen LogP contribution < -0.4 is 34.9 Å². The molecule has 0 saturated carbocycles. The molecule has 0 fully saturated rings. The Balaban J connectivity index is 1.32. The zero-order valence-corrected chi connectivity index (χ0v) is 25.9. The van der Waals surface area contributed by atoms with Crippen LogP contribution in [0, 0.1) is 5.92 Å². The number of nitrogens with zero attached hydrogens (tertiary/aromatic N) is 3. The van der Waals surface area contributed by atoms with Crippen molar-refractivity contribution in [3.63, 3.8) is 0 Å². The SMILES string of the molecule is COc1cc(OC)c2c(c1Cl)O[C@@]1(C(=O)c3cc4c(=O)n(CC(=O)c5ccc6c(c5)OCCO6)c(=O)n(C)c4nc3C[C@H]1C)C2=O. The molecule has 7 rings (SSSR count). The molecule has 1 spiro atoms. The fraction of sp³-hybridized carbons (Fsp3) is 0.312. The number of hydrogen-bond donors (Lipinski definition) is 0. The number of fused-ring (bicyclic) bond motifs is 4. The number of ketones is 3. The van der Waals surface area contributed by atoms with E-state index >= 15 is 0 Å². The van der Waals surface area contributed by atoms with Gasteiger partial charge in [0.15, 0.2) is 23.0 Å². The second kappa shape index (κ2) is 10.4. The number of ether oxygens (including phenoxy) is 5. The van der Waals surface area contributed by atoms with E-state index in [1.807, 2.05) is 0 Å². The third-order valence-electron chi connectivity index (χ3n) is 8.75. The second-order valence-corrected chi connectivity index (χ2v) is 11.6. The minimum Gasteiger partial charge on any atom is -0.496 e. The maximum Gasteiger partial charge on any atom is 0.332 e. The fourth-order valence-electron chi connectivity index (χ4n) is 6.33. The maximum atomic E-state index is 14.3. The first kappa shape index (κ1) is 29.5. The quantitative estimate of drug-likeness (QED) is 0.232. The van der Waals surface area contributed by atoms with Crippen LogP contribution in [0.1, 0.15) is 43.7 Å². The smallest absolute Gasteiger partial charge is 0.332 e. The molecule has 4 heterocycles. The lowest BCUT2D eigenvalue weighted by molar-refractivity contribution is 0.0257. The van der Waals surface area contributed by atoms with Crippen LogP contribution in [0.4, 0.5) is 0 Å². The van der Waals surface area contributed by atoms with Crippen LogP contribution in [0.15, 0.2) is 39.9 Å². The van der Waals surface area contributed by atoms with Crippen LogP contribution in [0.2, 0.25) is 5.02 Å². The van der Waals surface area contributed by atoms with Gasteiger partial charge in [-0.3, -0.25) is 28.3 Å². The molecule has 0 radical (unpaired) electrons. The van der Waals surface area contributed by atoms with Crippen molar-refractivity contribution in [2.75, 3.05) is 27.4 Å². The molecule has 4 aromatic rings. The zero-order chi connectivity index (χ0) is 32.7. The molecule has 2 atom stereocenters. The first-order chi connectivity index (χ1) is 22.0. The van der Waals surface area contributed by atoms with Crippen LogP contribution in [-0.4, -0.2) is 64.5 Å². The van der Waals surface area contributed by atoms with Crippen molar-refractivity contribution in [3.8, 4) is 28.7 Å². The van der Waals surface area contributed by atoms with Gasteiger partial charge in [-0.05, 0) is 30.7 Å². The molecule has 1 aliphatic carbocycles. The number of methoxy groups -OCH3 is 2. The fourth-order valence-corrected chi connectivity index (χ4v) is 6.60. The predicted molar refractivity (Wildman–Crippen MR) is 162 cm³/mol. The van der Waals surface area contributed by atoms with Crippen molar-refractivity contribution in [1.82, 2.24) is 14.1 Å². The monoisotopic (exact) mass is 647 g/mol. The number of halogens is 1. The van der Waals surface area contributed by atoms with Crippen LogP contribution in [0.5, 0.6) is 28.7 Å². The van der Waals surface area contributed by atoms with Crippen molar-refractivity contribution >= 4 is 40.0 Å². The molecule has 0 N–H and O–H groups in total. The molecular weight excluding hydrogens is 622 g/mol. The average Bonchev–Trinajstić information content (AvgIpc) is 3.38. The molecule has 46 heavy (non-hydrogen) atoms. The normalized spacial score (nSPS) is 19.5. The third-order valence-corrected chi connectivity index (χ3v) is 9.11. The predicted octanol–water partition coefficient (Wildman–Crippen LogP) is 2.81. The molecule has 0 amide bonds. The maximum absolute atomic E-state index is 14.3. The first-order valence-electron chi connectivity index (χ1n) is 14.3. The van der Waals surface area contributed by atoms with Crippen LogP contribution in [0.3, 0.4) is 0 Å². The van der Waals surface area contributed by atoms with E-state index in [-0.39, 0.29) is 62.1 Å². The van der Waals surface area contributed by atoms with Gasteiger partial charge in [0, 0.05) is 30.2 Å². The molecule has 0 bridgehead atoms. The largest absolute Gasteiger partial charge is 0.496 e. The average molecular weight is 648 g/mol. The summed E-state index contributed by atoms with van der Waals surface area (Å²) in [7, 11) is 4.18. The first-order valence-corrected chi connectivity index (χ1v) is 14.7. The summed E-state index contributed by atoms with van der Waals surface area (Å²) < 4.78 is 29.9. The summed E-state index contributed by atoms with van der Waals surface area (Å²) in [4.78, 5) is 73.3. The molecule has 0 saturated heterocycles. The van der Waals surface area contributed by atoms with Gasteiger partial charge in [-0.15, -0.1) is 0 Å². The van der Waals surface area contributed by atoms with Crippen LogP contribution in [-0.2, 0) is 20.0 Å². The summed E-state index contributed by atoms with van der Waals surface area (Å²) in [6.07, 6.45) is 0.105. The van der Waals surface area contributed by atoms with Crippen molar-refractivity contribution in [2.24, 2.45) is 13.0 Å². The van der Waals surface area contributed by atoms with E-state index < -0.39 is 46.7 Å². The van der Waals surface area contributed by atoms with Gasteiger partial charge in [0.2, 0.25) is 17.2 Å². The summed E-state index contributed by atoms with van der Waals surface area (Å²) in [6.45, 7) is 1.80. The van der Waals surface area contributed by atoms with Gasteiger partial charge in [-0.2, -0.15) is 0 Å².